The molecule has 6 heteroatoms. The molecule has 0 fully saturated rings. The topological polar surface area (TPSA) is 87.7 Å². The quantitative estimate of drug-likeness (QED) is 0.703. The summed E-state index contributed by atoms with van der Waals surface area (Å²) in [6.07, 6.45) is 0.994. The van der Waals surface area contributed by atoms with E-state index in [1.807, 2.05) is 36.4 Å². The summed E-state index contributed by atoms with van der Waals surface area (Å²) in [4.78, 5) is 23.9. The molecule has 3 N–H and O–H groups in total. The maximum absolute atomic E-state index is 12.0. The molecule has 136 valence electrons. The van der Waals surface area contributed by atoms with Gasteiger partial charge in [0.25, 0.3) is 0 Å². The SMILES string of the molecule is O=C(NCCc1ccccc1)C(=O)NCC1(O)CCOc2ccccc21. The van der Waals surface area contributed by atoms with Crippen LogP contribution >= 0.6 is 0 Å². The molecule has 2 amide bonds. The zero-order valence-electron chi connectivity index (χ0n) is 14.4. The predicted molar refractivity (Wildman–Crippen MR) is 96.6 cm³/mol. The number of benzene rings is 2. The van der Waals surface area contributed by atoms with Crippen molar-refractivity contribution < 1.29 is 19.4 Å². The molecule has 26 heavy (non-hydrogen) atoms. The van der Waals surface area contributed by atoms with E-state index < -0.39 is 17.4 Å². The van der Waals surface area contributed by atoms with Gasteiger partial charge in [-0.15, -0.1) is 0 Å². The summed E-state index contributed by atoms with van der Waals surface area (Å²) in [5.41, 5.74) is 0.465. The van der Waals surface area contributed by atoms with Gasteiger partial charge < -0.3 is 20.5 Å². The Labute approximate surface area is 152 Å². The number of ether oxygens (including phenoxy) is 1. The van der Waals surface area contributed by atoms with Crippen molar-refractivity contribution in [3.8, 4) is 5.75 Å². The van der Waals surface area contributed by atoms with Gasteiger partial charge in [0.15, 0.2) is 0 Å². The zero-order chi connectivity index (χ0) is 18.4. The lowest BCUT2D eigenvalue weighted by atomic mass is 9.88. The molecule has 1 aliphatic rings. The molecule has 3 rings (SSSR count). The Morgan fingerprint density at radius 3 is 2.50 bits per heavy atom. The van der Waals surface area contributed by atoms with Crippen LogP contribution in [0.4, 0.5) is 0 Å². The van der Waals surface area contributed by atoms with Crippen LogP contribution in [0.3, 0.4) is 0 Å². The van der Waals surface area contributed by atoms with Crippen LogP contribution < -0.4 is 15.4 Å². The number of rotatable bonds is 5. The van der Waals surface area contributed by atoms with Crippen molar-refractivity contribution in [1.82, 2.24) is 10.6 Å². The highest BCUT2D eigenvalue weighted by Crippen LogP contribution is 2.36. The van der Waals surface area contributed by atoms with Gasteiger partial charge in [0, 0.05) is 18.5 Å². The first-order valence-electron chi connectivity index (χ1n) is 8.63. The summed E-state index contributed by atoms with van der Waals surface area (Å²) in [5, 5.41) is 16.0. The van der Waals surface area contributed by atoms with Gasteiger partial charge in [-0.2, -0.15) is 0 Å². The lowest BCUT2D eigenvalue weighted by Crippen LogP contribution is -2.48. The van der Waals surface area contributed by atoms with E-state index in [1.54, 1.807) is 18.2 Å². The van der Waals surface area contributed by atoms with E-state index in [2.05, 4.69) is 10.6 Å². The number of carbonyl (C=O) groups excluding carboxylic acids is 2. The lowest BCUT2D eigenvalue weighted by Gasteiger charge is -2.34. The van der Waals surface area contributed by atoms with Crippen LogP contribution in [-0.2, 0) is 21.6 Å². The Balaban J connectivity index is 1.50. The molecule has 1 heterocycles. The Morgan fingerprint density at radius 1 is 1.00 bits per heavy atom. The molecular weight excluding hydrogens is 332 g/mol. The van der Waals surface area contributed by atoms with Crippen LogP contribution in [0.1, 0.15) is 17.5 Å². The average Bonchev–Trinajstić information content (AvgIpc) is 2.67. The van der Waals surface area contributed by atoms with Crippen LogP contribution in [0.15, 0.2) is 54.6 Å². The maximum Gasteiger partial charge on any atom is 0.309 e. The molecule has 0 aromatic heterocycles. The monoisotopic (exact) mass is 354 g/mol. The van der Waals surface area contributed by atoms with Gasteiger partial charge in [0.2, 0.25) is 0 Å². The van der Waals surface area contributed by atoms with Crippen molar-refractivity contribution in [3.63, 3.8) is 0 Å². The third kappa shape index (κ3) is 4.21. The summed E-state index contributed by atoms with van der Waals surface area (Å²) in [5.74, 6) is -0.858. The summed E-state index contributed by atoms with van der Waals surface area (Å²) in [7, 11) is 0. The standard InChI is InChI=1S/C20H22N2O4/c23-18(21-12-10-15-6-2-1-3-7-15)19(24)22-14-20(25)11-13-26-17-9-5-4-8-16(17)20/h1-9,25H,10-14H2,(H,21,23)(H,22,24). The second-order valence-corrected chi connectivity index (χ2v) is 6.30. The van der Waals surface area contributed by atoms with E-state index in [9.17, 15) is 14.7 Å². The molecule has 0 saturated carbocycles. The first kappa shape index (κ1) is 17.9. The Bertz CT molecular complexity index is 778. The molecule has 1 unspecified atom stereocenters. The summed E-state index contributed by atoms with van der Waals surface area (Å²) < 4.78 is 5.52. The van der Waals surface area contributed by atoms with E-state index in [1.165, 1.54) is 0 Å². The fourth-order valence-electron chi connectivity index (χ4n) is 2.98. The van der Waals surface area contributed by atoms with Gasteiger partial charge in [-0.05, 0) is 18.1 Å². The number of carbonyl (C=O) groups is 2. The van der Waals surface area contributed by atoms with Crippen LogP contribution in [0.2, 0.25) is 0 Å². The number of aliphatic hydroxyl groups is 1. The highest BCUT2D eigenvalue weighted by molar-refractivity contribution is 6.35. The summed E-state index contributed by atoms with van der Waals surface area (Å²) in [6.45, 7) is 0.683. The van der Waals surface area contributed by atoms with Gasteiger partial charge in [-0.1, -0.05) is 48.5 Å². The third-order valence-electron chi connectivity index (χ3n) is 4.45. The molecule has 1 atom stereocenters. The first-order valence-corrected chi connectivity index (χ1v) is 8.63. The van der Waals surface area contributed by atoms with E-state index in [-0.39, 0.29) is 6.54 Å². The van der Waals surface area contributed by atoms with Crippen molar-refractivity contribution in [2.24, 2.45) is 0 Å². The number of hydrogen-bond donors (Lipinski definition) is 3. The van der Waals surface area contributed by atoms with Gasteiger partial charge >= 0.3 is 11.8 Å². The normalized spacial score (nSPS) is 18.3. The van der Waals surface area contributed by atoms with Crippen molar-refractivity contribution in [3.05, 3.63) is 65.7 Å². The van der Waals surface area contributed by atoms with Gasteiger partial charge in [0.1, 0.15) is 11.4 Å². The third-order valence-corrected chi connectivity index (χ3v) is 4.45. The minimum absolute atomic E-state index is 0.0433. The summed E-state index contributed by atoms with van der Waals surface area (Å²) in [6, 6.07) is 16.9. The van der Waals surface area contributed by atoms with Gasteiger partial charge in [-0.25, -0.2) is 0 Å². The summed E-state index contributed by atoms with van der Waals surface area (Å²) >= 11 is 0. The van der Waals surface area contributed by atoms with Crippen molar-refractivity contribution >= 4 is 11.8 Å². The lowest BCUT2D eigenvalue weighted by molar-refractivity contribution is -0.140. The number of nitrogens with one attached hydrogen (secondary N) is 2. The fraction of sp³-hybridized carbons (Fsp3) is 0.300. The Kier molecular flexibility index (Phi) is 5.53. The Morgan fingerprint density at radius 2 is 1.69 bits per heavy atom. The van der Waals surface area contributed by atoms with Crippen LogP contribution in [-0.4, -0.2) is 36.6 Å². The number of fused-ring (bicyclic) bond motifs is 1. The molecule has 2 aromatic rings. The second-order valence-electron chi connectivity index (χ2n) is 6.30. The van der Waals surface area contributed by atoms with Crippen molar-refractivity contribution in [1.29, 1.82) is 0 Å². The molecule has 0 saturated heterocycles. The van der Waals surface area contributed by atoms with Crippen LogP contribution in [0, 0.1) is 0 Å². The molecule has 0 spiro atoms. The molecular formula is C20H22N2O4. The van der Waals surface area contributed by atoms with Crippen LogP contribution in [0.5, 0.6) is 5.75 Å². The van der Waals surface area contributed by atoms with Gasteiger partial charge in [0.05, 0.1) is 13.2 Å². The molecule has 0 radical (unpaired) electrons. The van der Waals surface area contributed by atoms with E-state index >= 15 is 0 Å². The largest absolute Gasteiger partial charge is 0.493 e. The smallest absolute Gasteiger partial charge is 0.309 e. The highest BCUT2D eigenvalue weighted by Gasteiger charge is 2.36. The molecule has 2 aromatic carbocycles. The second kappa shape index (κ2) is 8.01. The minimum atomic E-state index is -1.24. The average molecular weight is 354 g/mol. The Hall–Kier alpha value is -2.86. The molecule has 0 aliphatic carbocycles. The number of para-hydroxylation sites is 1. The van der Waals surface area contributed by atoms with Crippen LogP contribution in [0.25, 0.3) is 0 Å². The molecule has 6 nitrogen and oxygen atoms in total. The fourth-order valence-corrected chi connectivity index (χ4v) is 2.98. The number of amides is 2. The first-order chi connectivity index (χ1) is 12.6. The minimum Gasteiger partial charge on any atom is -0.493 e. The van der Waals surface area contributed by atoms with E-state index in [0.717, 1.165) is 5.56 Å². The van der Waals surface area contributed by atoms with Gasteiger partial charge in [-0.3, -0.25) is 9.59 Å². The number of hydrogen-bond acceptors (Lipinski definition) is 4. The van der Waals surface area contributed by atoms with E-state index in [0.29, 0.717) is 37.3 Å². The highest BCUT2D eigenvalue weighted by atomic mass is 16.5. The molecule has 0 bridgehead atoms. The predicted octanol–water partition coefficient (Wildman–Crippen LogP) is 1.13. The van der Waals surface area contributed by atoms with E-state index in [4.69, 9.17) is 4.74 Å². The zero-order valence-corrected chi connectivity index (χ0v) is 14.4. The maximum atomic E-state index is 12.0. The van der Waals surface area contributed by atoms with Crippen molar-refractivity contribution in [2.75, 3.05) is 19.7 Å². The van der Waals surface area contributed by atoms with Crippen molar-refractivity contribution in [2.45, 2.75) is 18.4 Å². The molecule has 1 aliphatic heterocycles.